The van der Waals surface area contributed by atoms with Crippen LogP contribution in [0, 0.1) is 11.6 Å². The monoisotopic (exact) mass is 208 g/mol. The van der Waals surface area contributed by atoms with Crippen LogP contribution in [0.5, 0.6) is 0 Å². The van der Waals surface area contributed by atoms with Gasteiger partial charge in [-0.3, -0.25) is 4.79 Å². The zero-order chi connectivity index (χ0) is 10.8. The van der Waals surface area contributed by atoms with Gasteiger partial charge in [-0.1, -0.05) is 0 Å². The number of carbonyl (C=O) groups excluding carboxylic acids is 1. The zero-order valence-corrected chi connectivity index (χ0v) is 7.50. The van der Waals surface area contributed by atoms with Gasteiger partial charge in [0.1, 0.15) is 17.5 Å². The molecular weight excluding hydrogens is 202 g/mol. The number of halogens is 2. The van der Waals surface area contributed by atoms with E-state index in [9.17, 15) is 13.6 Å². The van der Waals surface area contributed by atoms with Gasteiger partial charge in [-0.2, -0.15) is 0 Å². The second-order valence-electron chi connectivity index (χ2n) is 2.88. The van der Waals surface area contributed by atoms with Gasteiger partial charge in [0, 0.05) is 12.4 Å². The topological polar surface area (TPSA) is 45.8 Å². The molecule has 2 rings (SSSR count). The van der Waals surface area contributed by atoms with Gasteiger partial charge in [-0.25, -0.2) is 13.8 Å². The van der Waals surface area contributed by atoms with Crippen LogP contribution in [0.25, 0.3) is 11.4 Å². The number of aromatic amines is 1. The van der Waals surface area contributed by atoms with Gasteiger partial charge in [0.2, 0.25) is 0 Å². The van der Waals surface area contributed by atoms with E-state index in [0.29, 0.717) is 0 Å². The Bertz CT molecular complexity index is 494. The zero-order valence-electron chi connectivity index (χ0n) is 7.50. The van der Waals surface area contributed by atoms with Crippen molar-refractivity contribution in [1.82, 2.24) is 9.97 Å². The van der Waals surface area contributed by atoms with Gasteiger partial charge in [0.05, 0.1) is 11.1 Å². The highest BCUT2D eigenvalue weighted by molar-refractivity contribution is 5.79. The highest BCUT2D eigenvalue weighted by Crippen LogP contribution is 2.22. The molecule has 0 fully saturated rings. The summed E-state index contributed by atoms with van der Waals surface area (Å²) in [6.07, 6.45) is 3.11. The molecule has 0 spiro atoms. The molecule has 0 aliphatic heterocycles. The van der Waals surface area contributed by atoms with E-state index >= 15 is 0 Å². The Labute approximate surface area is 83.8 Å². The predicted octanol–water partition coefficient (Wildman–Crippen LogP) is 2.17. The third kappa shape index (κ3) is 1.52. The van der Waals surface area contributed by atoms with Crippen LogP contribution in [0.15, 0.2) is 24.5 Å². The molecule has 0 amide bonds. The fraction of sp³-hybridized carbons (Fsp3) is 0. The normalized spacial score (nSPS) is 10.3. The molecular formula is C10H6F2N2O. The minimum absolute atomic E-state index is 0.0727. The van der Waals surface area contributed by atoms with Gasteiger partial charge >= 0.3 is 0 Å². The molecule has 5 heteroatoms. The van der Waals surface area contributed by atoms with Crippen molar-refractivity contribution < 1.29 is 13.6 Å². The third-order valence-electron chi connectivity index (χ3n) is 2.00. The lowest BCUT2D eigenvalue weighted by atomic mass is 10.1. The predicted molar refractivity (Wildman–Crippen MR) is 49.3 cm³/mol. The average molecular weight is 208 g/mol. The van der Waals surface area contributed by atoms with Crippen LogP contribution in [-0.4, -0.2) is 16.3 Å². The minimum Gasteiger partial charge on any atom is -0.345 e. The Morgan fingerprint density at radius 1 is 1.33 bits per heavy atom. The number of nitrogens with one attached hydrogen (secondary N) is 1. The van der Waals surface area contributed by atoms with E-state index in [1.54, 1.807) is 0 Å². The largest absolute Gasteiger partial charge is 0.345 e. The van der Waals surface area contributed by atoms with Crippen LogP contribution >= 0.6 is 0 Å². The molecule has 0 unspecified atom stereocenters. The summed E-state index contributed by atoms with van der Waals surface area (Å²) >= 11 is 0. The van der Waals surface area contributed by atoms with Gasteiger partial charge in [0.25, 0.3) is 0 Å². The smallest absolute Gasteiger partial charge is 0.155 e. The van der Waals surface area contributed by atoms with Crippen molar-refractivity contribution in [1.29, 1.82) is 0 Å². The van der Waals surface area contributed by atoms with E-state index in [0.717, 1.165) is 6.07 Å². The molecule has 3 nitrogen and oxygen atoms in total. The first-order valence-corrected chi connectivity index (χ1v) is 4.17. The molecule has 1 aromatic heterocycles. The number of aldehydes is 1. The van der Waals surface area contributed by atoms with Crippen molar-refractivity contribution in [2.75, 3.05) is 0 Å². The molecule has 0 atom stereocenters. The van der Waals surface area contributed by atoms with E-state index < -0.39 is 17.2 Å². The number of hydrogen-bond donors (Lipinski definition) is 1. The lowest BCUT2D eigenvalue weighted by molar-refractivity contribution is 0.111. The maximum Gasteiger partial charge on any atom is 0.155 e. The molecule has 0 bridgehead atoms. The van der Waals surface area contributed by atoms with Crippen molar-refractivity contribution in [3.8, 4) is 11.4 Å². The Kier molecular flexibility index (Phi) is 2.29. The fourth-order valence-corrected chi connectivity index (χ4v) is 1.27. The van der Waals surface area contributed by atoms with Gasteiger partial charge in [0.15, 0.2) is 6.29 Å². The number of hydrogen-bond acceptors (Lipinski definition) is 2. The summed E-state index contributed by atoms with van der Waals surface area (Å²) in [5, 5.41) is 0. The summed E-state index contributed by atoms with van der Waals surface area (Å²) in [6.45, 7) is 0. The van der Waals surface area contributed by atoms with Gasteiger partial charge in [-0.05, 0) is 12.1 Å². The van der Waals surface area contributed by atoms with Crippen molar-refractivity contribution in [2.24, 2.45) is 0 Å². The maximum atomic E-state index is 13.6. The summed E-state index contributed by atoms with van der Waals surface area (Å²) < 4.78 is 26.5. The lowest BCUT2D eigenvalue weighted by Gasteiger charge is -2.02. The molecule has 0 aliphatic carbocycles. The van der Waals surface area contributed by atoms with E-state index in [1.807, 2.05) is 0 Å². The number of nitrogens with zero attached hydrogens (tertiary/aromatic N) is 1. The number of aromatic nitrogens is 2. The van der Waals surface area contributed by atoms with Crippen LogP contribution in [0.1, 0.15) is 10.4 Å². The second-order valence-corrected chi connectivity index (χ2v) is 2.88. The summed E-state index contributed by atoms with van der Waals surface area (Å²) in [6, 6.07) is 2.27. The maximum absolute atomic E-state index is 13.6. The van der Waals surface area contributed by atoms with E-state index in [2.05, 4.69) is 9.97 Å². The quantitative estimate of drug-likeness (QED) is 0.768. The standard InChI is InChI=1S/C10H6F2N2O/c11-8-2-1-6(9(12)7(8)5-15)10-13-3-4-14-10/h1-5H,(H,13,14). The molecule has 1 aromatic carbocycles. The minimum atomic E-state index is -0.903. The molecule has 0 radical (unpaired) electrons. The number of H-pyrrole nitrogens is 1. The average Bonchev–Trinajstić information content (AvgIpc) is 2.71. The number of carbonyl (C=O) groups is 1. The highest BCUT2D eigenvalue weighted by Gasteiger charge is 2.15. The number of rotatable bonds is 2. The van der Waals surface area contributed by atoms with Crippen LogP contribution in [0.2, 0.25) is 0 Å². The first kappa shape index (κ1) is 9.51. The molecule has 1 heterocycles. The molecule has 15 heavy (non-hydrogen) atoms. The molecule has 2 aromatic rings. The number of imidazole rings is 1. The summed E-state index contributed by atoms with van der Waals surface area (Å²) in [7, 11) is 0. The lowest BCUT2D eigenvalue weighted by Crippen LogP contribution is -1.97. The molecule has 0 aliphatic rings. The van der Waals surface area contributed by atoms with Crippen LogP contribution < -0.4 is 0 Å². The Morgan fingerprint density at radius 2 is 2.13 bits per heavy atom. The first-order chi connectivity index (χ1) is 7.24. The third-order valence-corrected chi connectivity index (χ3v) is 2.00. The molecule has 0 saturated heterocycles. The van der Waals surface area contributed by atoms with Crippen molar-refractivity contribution in [3.05, 3.63) is 41.7 Å². The van der Waals surface area contributed by atoms with Crippen molar-refractivity contribution >= 4 is 6.29 Å². The Hall–Kier alpha value is -2.04. The van der Waals surface area contributed by atoms with Crippen LogP contribution in [-0.2, 0) is 0 Å². The molecule has 1 N–H and O–H groups in total. The SMILES string of the molecule is O=Cc1c(F)ccc(-c2ncc[nH]2)c1F. The van der Waals surface area contributed by atoms with Crippen molar-refractivity contribution in [3.63, 3.8) is 0 Å². The van der Waals surface area contributed by atoms with E-state index in [4.69, 9.17) is 0 Å². The summed E-state index contributed by atoms with van der Waals surface area (Å²) in [4.78, 5) is 17.0. The Balaban J connectivity index is 2.65. The summed E-state index contributed by atoms with van der Waals surface area (Å²) in [5.41, 5.74) is -0.507. The Morgan fingerprint density at radius 3 is 2.73 bits per heavy atom. The van der Waals surface area contributed by atoms with Gasteiger partial charge in [-0.15, -0.1) is 0 Å². The number of benzene rings is 1. The van der Waals surface area contributed by atoms with Crippen LogP contribution in [0.4, 0.5) is 8.78 Å². The van der Waals surface area contributed by atoms with E-state index in [1.165, 1.54) is 18.5 Å². The van der Waals surface area contributed by atoms with Gasteiger partial charge < -0.3 is 4.98 Å². The fourth-order valence-electron chi connectivity index (χ4n) is 1.27. The van der Waals surface area contributed by atoms with Crippen molar-refractivity contribution in [2.45, 2.75) is 0 Å². The molecule has 76 valence electrons. The van der Waals surface area contributed by atoms with E-state index in [-0.39, 0.29) is 17.7 Å². The second kappa shape index (κ2) is 3.61. The summed E-state index contributed by atoms with van der Waals surface area (Å²) in [5.74, 6) is -1.52. The van der Waals surface area contributed by atoms with Crippen LogP contribution in [0.3, 0.4) is 0 Å². The first-order valence-electron chi connectivity index (χ1n) is 4.17. The molecule has 0 saturated carbocycles. The highest BCUT2D eigenvalue weighted by atomic mass is 19.1.